The number of benzene rings is 2. The standard InChI is InChI=1S/C30H26FN5O2/c31-27(35-28(37)19-5-2-1-3-6-19)26-23(10-14-38-26)21-16-33-29-34-17-25(36(29)18-21)30(11-12-30)22-8-9-24-20(15-22)7-4-13-32-24/h1-9,13,15-18,23,26-27H,10-12,14H2,(H,35,37). The third-order valence-electron chi connectivity index (χ3n) is 7.94. The van der Waals surface area contributed by atoms with E-state index < -0.39 is 18.3 Å². The Hall–Kier alpha value is -4.17. The predicted molar refractivity (Wildman–Crippen MR) is 141 cm³/mol. The van der Waals surface area contributed by atoms with Crippen LogP contribution >= 0.6 is 0 Å². The molecule has 0 spiro atoms. The quantitative estimate of drug-likeness (QED) is 0.329. The summed E-state index contributed by atoms with van der Waals surface area (Å²) in [5, 5.41) is 3.59. The van der Waals surface area contributed by atoms with E-state index in [-0.39, 0.29) is 11.3 Å². The predicted octanol–water partition coefficient (Wildman–Crippen LogP) is 4.96. The minimum atomic E-state index is -1.64. The normalized spacial score (nSPS) is 21.0. The first-order valence-electron chi connectivity index (χ1n) is 12.9. The van der Waals surface area contributed by atoms with Gasteiger partial charge in [0.1, 0.15) is 6.10 Å². The van der Waals surface area contributed by atoms with Crippen LogP contribution in [0.4, 0.5) is 4.39 Å². The van der Waals surface area contributed by atoms with Crippen LogP contribution in [-0.4, -0.2) is 44.3 Å². The Morgan fingerprint density at radius 1 is 1.05 bits per heavy atom. The van der Waals surface area contributed by atoms with Gasteiger partial charge in [0.2, 0.25) is 5.78 Å². The number of hydrogen-bond donors (Lipinski definition) is 1. The molecule has 190 valence electrons. The molecule has 2 fully saturated rings. The molecule has 3 aromatic heterocycles. The Balaban J connectivity index is 1.19. The van der Waals surface area contributed by atoms with Gasteiger partial charge in [-0.15, -0.1) is 0 Å². The molecule has 2 aromatic carbocycles. The van der Waals surface area contributed by atoms with Crippen molar-refractivity contribution in [2.45, 2.75) is 43.0 Å². The largest absolute Gasteiger partial charge is 0.373 e. The van der Waals surface area contributed by atoms with Crippen molar-refractivity contribution in [2.24, 2.45) is 0 Å². The molecular formula is C30H26FN5O2. The van der Waals surface area contributed by atoms with Crippen LogP contribution in [0.5, 0.6) is 0 Å². The SMILES string of the molecule is O=C(NC(F)C1OCCC1c1cnc2ncc(C3(c4ccc5ncccc5c4)CC3)n2c1)c1ccccc1. The van der Waals surface area contributed by atoms with Gasteiger partial charge in [-0.2, -0.15) is 0 Å². The van der Waals surface area contributed by atoms with E-state index in [2.05, 4.69) is 44.5 Å². The molecule has 4 heterocycles. The van der Waals surface area contributed by atoms with Gasteiger partial charge < -0.3 is 10.1 Å². The van der Waals surface area contributed by atoms with Gasteiger partial charge in [-0.25, -0.2) is 14.4 Å². The van der Waals surface area contributed by atoms with Gasteiger partial charge in [0, 0.05) is 47.5 Å². The molecule has 7 rings (SSSR count). The lowest BCUT2D eigenvalue weighted by molar-refractivity contribution is 0.0202. The summed E-state index contributed by atoms with van der Waals surface area (Å²) >= 11 is 0. The minimum absolute atomic E-state index is 0.137. The monoisotopic (exact) mass is 507 g/mol. The van der Waals surface area contributed by atoms with E-state index in [0.717, 1.165) is 35.0 Å². The second-order valence-corrected chi connectivity index (χ2v) is 10.2. The second-order valence-electron chi connectivity index (χ2n) is 10.2. The summed E-state index contributed by atoms with van der Waals surface area (Å²) in [6.45, 7) is 0.418. The molecule has 38 heavy (non-hydrogen) atoms. The van der Waals surface area contributed by atoms with E-state index in [1.165, 1.54) is 5.56 Å². The van der Waals surface area contributed by atoms with E-state index in [1.807, 2.05) is 35.1 Å². The highest BCUT2D eigenvalue weighted by Gasteiger charge is 2.48. The van der Waals surface area contributed by atoms with Crippen LogP contribution in [0.1, 0.15) is 52.4 Å². The number of rotatable bonds is 6. The van der Waals surface area contributed by atoms with Gasteiger partial charge in [0.15, 0.2) is 6.30 Å². The number of nitrogens with zero attached hydrogens (tertiary/aromatic N) is 4. The van der Waals surface area contributed by atoms with Crippen LogP contribution in [0, 0.1) is 0 Å². The summed E-state index contributed by atoms with van der Waals surface area (Å²) in [7, 11) is 0. The van der Waals surface area contributed by atoms with E-state index in [4.69, 9.17) is 4.74 Å². The summed E-state index contributed by atoms with van der Waals surface area (Å²) in [6.07, 6.45) is 7.73. The van der Waals surface area contributed by atoms with Crippen molar-refractivity contribution in [1.29, 1.82) is 0 Å². The molecule has 2 aliphatic rings. The van der Waals surface area contributed by atoms with Crippen molar-refractivity contribution in [2.75, 3.05) is 6.61 Å². The molecule has 1 N–H and O–H groups in total. The minimum Gasteiger partial charge on any atom is -0.373 e. The van der Waals surface area contributed by atoms with Crippen LogP contribution in [-0.2, 0) is 10.2 Å². The van der Waals surface area contributed by atoms with Gasteiger partial charge in [-0.05, 0) is 60.7 Å². The summed E-state index contributed by atoms with van der Waals surface area (Å²) in [6, 6.07) is 19.1. The molecule has 5 aromatic rings. The van der Waals surface area contributed by atoms with Crippen molar-refractivity contribution in [3.05, 3.63) is 108 Å². The molecule has 8 heteroatoms. The highest BCUT2D eigenvalue weighted by atomic mass is 19.1. The summed E-state index contributed by atoms with van der Waals surface area (Å²) in [5.41, 5.74) is 4.43. The second kappa shape index (κ2) is 8.99. The first kappa shape index (κ1) is 23.0. The fourth-order valence-corrected chi connectivity index (χ4v) is 5.76. The van der Waals surface area contributed by atoms with E-state index in [9.17, 15) is 4.79 Å². The van der Waals surface area contributed by atoms with Crippen LogP contribution in [0.15, 0.2) is 85.5 Å². The topological polar surface area (TPSA) is 81.4 Å². The zero-order valence-corrected chi connectivity index (χ0v) is 20.6. The maximum atomic E-state index is 15.4. The molecule has 1 amide bonds. The number of alkyl halides is 1. The Morgan fingerprint density at radius 2 is 1.89 bits per heavy atom. The summed E-state index contributed by atoms with van der Waals surface area (Å²) in [4.78, 5) is 26.2. The maximum absolute atomic E-state index is 15.4. The van der Waals surface area contributed by atoms with Crippen molar-refractivity contribution < 1.29 is 13.9 Å². The molecule has 1 aliphatic carbocycles. The Bertz CT molecular complexity index is 1650. The first-order chi connectivity index (χ1) is 18.6. The Kier molecular flexibility index (Phi) is 5.44. The molecule has 0 radical (unpaired) electrons. The lowest BCUT2D eigenvalue weighted by atomic mass is 9.91. The van der Waals surface area contributed by atoms with E-state index >= 15 is 4.39 Å². The van der Waals surface area contributed by atoms with Crippen molar-refractivity contribution in [3.8, 4) is 0 Å². The van der Waals surface area contributed by atoms with Crippen LogP contribution in [0.2, 0.25) is 0 Å². The van der Waals surface area contributed by atoms with Crippen LogP contribution in [0.3, 0.4) is 0 Å². The first-order valence-corrected chi connectivity index (χ1v) is 12.9. The lowest BCUT2D eigenvalue weighted by Crippen LogP contribution is -2.42. The smallest absolute Gasteiger partial charge is 0.253 e. The number of hydrogen-bond acceptors (Lipinski definition) is 5. The van der Waals surface area contributed by atoms with Gasteiger partial charge in [0.05, 0.1) is 17.4 Å². The van der Waals surface area contributed by atoms with Gasteiger partial charge >= 0.3 is 0 Å². The van der Waals surface area contributed by atoms with E-state index in [1.54, 1.807) is 30.5 Å². The third-order valence-corrected chi connectivity index (χ3v) is 7.94. The maximum Gasteiger partial charge on any atom is 0.253 e. The zero-order chi connectivity index (χ0) is 25.7. The van der Waals surface area contributed by atoms with Crippen molar-refractivity contribution in [3.63, 3.8) is 0 Å². The van der Waals surface area contributed by atoms with Gasteiger partial charge in [-0.3, -0.25) is 14.2 Å². The average molecular weight is 508 g/mol. The number of pyridine rings is 1. The highest BCUT2D eigenvalue weighted by Crippen LogP contribution is 2.53. The van der Waals surface area contributed by atoms with Crippen LogP contribution in [0.25, 0.3) is 16.7 Å². The lowest BCUT2D eigenvalue weighted by Gasteiger charge is -2.23. The molecule has 1 saturated carbocycles. The number of nitrogens with one attached hydrogen (secondary N) is 1. The molecule has 1 saturated heterocycles. The number of amides is 1. The number of carbonyl (C=O) groups is 1. The molecule has 0 bridgehead atoms. The van der Waals surface area contributed by atoms with Gasteiger partial charge in [0.25, 0.3) is 5.91 Å². The highest BCUT2D eigenvalue weighted by molar-refractivity contribution is 5.94. The number of carbonyl (C=O) groups excluding carboxylic acids is 1. The van der Waals surface area contributed by atoms with Crippen molar-refractivity contribution in [1.82, 2.24) is 24.7 Å². The molecule has 3 atom stereocenters. The fraction of sp³-hybridized carbons (Fsp3) is 0.267. The zero-order valence-electron chi connectivity index (χ0n) is 20.6. The number of halogens is 1. The van der Waals surface area contributed by atoms with Crippen LogP contribution < -0.4 is 5.32 Å². The van der Waals surface area contributed by atoms with Gasteiger partial charge in [-0.1, -0.05) is 30.3 Å². The molecule has 7 nitrogen and oxygen atoms in total. The molecule has 3 unspecified atom stereocenters. The number of fused-ring (bicyclic) bond motifs is 2. The Labute approximate surface area is 218 Å². The molecular weight excluding hydrogens is 481 g/mol. The van der Waals surface area contributed by atoms with Crippen molar-refractivity contribution >= 4 is 22.6 Å². The third kappa shape index (κ3) is 3.83. The number of aromatic nitrogens is 4. The average Bonchev–Trinajstić information content (AvgIpc) is 3.40. The number of imidazole rings is 1. The number of ether oxygens (including phenoxy) is 1. The van der Waals surface area contributed by atoms with E-state index in [0.29, 0.717) is 24.4 Å². The molecule has 1 aliphatic heterocycles. The summed E-state index contributed by atoms with van der Waals surface area (Å²) in [5.74, 6) is -0.0867. The Morgan fingerprint density at radius 3 is 2.74 bits per heavy atom. The fourth-order valence-electron chi connectivity index (χ4n) is 5.76. The summed E-state index contributed by atoms with van der Waals surface area (Å²) < 4.78 is 23.2.